The highest BCUT2D eigenvalue weighted by Crippen LogP contribution is 2.33. The molecule has 2 aliphatic rings. The lowest BCUT2D eigenvalue weighted by atomic mass is 9.81. The van der Waals surface area contributed by atoms with Crippen molar-refractivity contribution in [2.24, 2.45) is 0 Å². The number of nitrogens with one attached hydrogen (secondary N) is 1. The molecule has 2 N–H and O–H groups in total. The molecule has 23 heavy (non-hydrogen) atoms. The molecule has 0 aromatic heterocycles. The monoisotopic (exact) mass is 313 g/mol. The highest BCUT2D eigenvalue weighted by molar-refractivity contribution is 5.34. The number of aliphatic hydroxyl groups is 1. The molecule has 124 valence electrons. The van der Waals surface area contributed by atoms with Crippen molar-refractivity contribution in [2.45, 2.75) is 50.2 Å². The molecule has 1 aliphatic heterocycles. The lowest BCUT2D eigenvalue weighted by Crippen LogP contribution is -2.38. The SMILES string of the molecule is N#Cc1cccc([C@H]2CC[C@H](NCCN3CC[C@@H](O)C3)CC2)c1. The van der Waals surface area contributed by atoms with Crippen LogP contribution in [0, 0.1) is 11.3 Å². The molecule has 1 heterocycles. The first-order valence-electron chi connectivity index (χ1n) is 8.88. The van der Waals surface area contributed by atoms with Gasteiger partial charge in [0.2, 0.25) is 0 Å². The summed E-state index contributed by atoms with van der Waals surface area (Å²) >= 11 is 0. The predicted octanol–water partition coefficient (Wildman–Crippen LogP) is 2.24. The van der Waals surface area contributed by atoms with E-state index in [-0.39, 0.29) is 6.10 Å². The average Bonchev–Trinajstić information content (AvgIpc) is 3.01. The number of hydrogen-bond donors (Lipinski definition) is 2. The van der Waals surface area contributed by atoms with Gasteiger partial charge in [-0.1, -0.05) is 12.1 Å². The second-order valence-electron chi connectivity index (χ2n) is 6.98. The third-order valence-corrected chi connectivity index (χ3v) is 5.32. The number of nitrogens with zero attached hydrogens (tertiary/aromatic N) is 2. The summed E-state index contributed by atoms with van der Waals surface area (Å²) in [7, 11) is 0. The van der Waals surface area contributed by atoms with Gasteiger partial charge in [-0.25, -0.2) is 0 Å². The third kappa shape index (κ3) is 4.54. The van der Waals surface area contributed by atoms with Gasteiger partial charge in [0.15, 0.2) is 0 Å². The Bertz CT molecular complexity index is 546. The summed E-state index contributed by atoms with van der Waals surface area (Å²) in [5.74, 6) is 0.607. The topological polar surface area (TPSA) is 59.3 Å². The summed E-state index contributed by atoms with van der Waals surface area (Å²) in [5.41, 5.74) is 2.10. The van der Waals surface area contributed by atoms with E-state index in [4.69, 9.17) is 5.26 Å². The minimum absolute atomic E-state index is 0.116. The molecular formula is C19H27N3O. The van der Waals surface area contributed by atoms with Crippen molar-refractivity contribution < 1.29 is 5.11 Å². The van der Waals surface area contributed by atoms with E-state index in [2.05, 4.69) is 28.4 Å². The Labute approximate surface area is 139 Å². The van der Waals surface area contributed by atoms with Crippen LogP contribution in [0.3, 0.4) is 0 Å². The molecule has 1 aliphatic carbocycles. The number of benzene rings is 1. The number of likely N-dealkylation sites (tertiary alicyclic amines) is 1. The first-order valence-corrected chi connectivity index (χ1v) is 8.88. The molecule has 1 aromatic carbocycles. The van der Waals surface area contributed by atoms with Crippen LogP contribution in [0.1, 0.15) is 49.1 Å². The molecule has 0 radical (unpaired) electrons. The van der Waals surface area contributed by atoms with Gasteiger partial charge in [-0.15, -0.1) is 0 Å². The Kier molecular flexibility index (Phi) is 5.66. The van der Waals surface area contributed by atoms with Crippen LogP contribution in [-0.2, 0) is 0 Å². The number of nitriles is 1. The Morgan fingerprint density at radius 3 is 2.74 bits per heavy atom. The minimum Gasteiger partial charge on any atom is -0.392 e. The largest absolute Gasteiger partial charge is 0.392 e. The fourth-order valence-corrected chi connectivity index (χ4v) is 3.94. The second-order valence-corrected chi connectivity index (χ2v) is 6.98. The minimum atomic E-state index is -0.116. The second kappa shape index (κ2) is 7.92. The zero-order valence-corrected chi connectivity index (χ0v) is 13.7. The maximum Gasteiger partial charge on any atom is 0.0991 e. The van der Waals surface area contributed by atoms with Crippen LogP contribution in [0.5, 0.6) is 0 Å². The molecule has 0 amide bonds. The van der Waals surface area contributed by atoms with E-state index >= 15 is 0 Å². The van der Waals surface area contributed by atoms with E-state index in [9.17, 15) is 5.11 Å². The van der Waals surface area contributed by atoms with Gasteiger partial charge in [0.25, 0.3) is 0 Å². The summed E-state index contributed by atoms with van der Waals surface area (Å²) in [6, 6.07) is 11.0. The van der Waals surface area contributed by atoms with Crippen LogP contribution in [0.2, 0.25) is 0 Å². The number of hydrogen-bond acceptors (Lipinski definition) is 4. The van der Waals surface area contributed by atoms with Crippen LogP contribution in [-0.4, -0.2) is 48.3 Å². The van der Waals surface area contributed by atoms with Gasteiger partial charge in [0, 0.05) is 32.2 Å². The number of β-amino-alcohol motifs (C(OH)–C–C–N with tert-alkyl or cyclic N) is 1. The fraction of sp³-hybridized carbons (Fsp3) is 0.632. The van der Waals surface area contributed by atoms with Gasteiger partial charge in [-0.2, -0.15) is 5.26 Å². The highest BCUT2D eigenvalue weighted by atomic mass is 16.3. The van der Waals surface area contributed by atoms with Gasteiger partial charge >= 0.3 is 0 Å². The molecule has 1 saturated carbocycles. The molecule has 2 fully saturated rings. The van der Waals surface area contributed by atoms with Gasteiger partial charge in [0.05, 0.1) is 17.7 Å². The van der Waals surface area contributed by atoms with Crippen molar-refractivity contribution in [1.82, 2.24) is 10.2 Å². The maximum absolute atomic E-state index is 9.54. The third-order valence-electron chi connectivity index (χ3n) is 5.32. The highest BCUT2D eigenvalue weighted by Gasteiger charge is 2.23. The normalized spacial score (nSPS) is 28.6. The Hall–Kier alpha value is -1.41. The van der Waals surface area contributed by atoms with E-state index in [1.807, 2.05) is 12.1 Å². The Morgan fingerprint density at radius 2 is 2.04 bits per heavy atom. The summed E-state index contributed by atoms with van der Waals surface area (Å²) in [5, 5.41) is 22.2. The van der Waals surface area contributed by atoms with Gasteiger partial charge < -0.3 is 10.4 Å². The van der Waals surface area contributed by atoms with Crippen molar-refractivity contribution in [3.05, 3.63) is 35.4 Å². The average molecular weight is 313 g/mol. The predicted molar refractivity (Wildman–Crippen MR) is 91.2 cm³/mol. The van der Waals surface area contributed by atoms with Crippen LogP contribution < -0.4 is 5.32 Å². The zero-order valence-electron chi connectivity index (χ0n) is 13.7. The van der Waals surface area contributed by atoms with Crippen LogP contribution in [0.25, 0.3) is 0 Å². The van der Waals surface area contributed by atoms with Crippen LogP contribution in [0.4, 0.5) is 0 Å². The smallest absolute Gasteiger partial charge is 0.0991 e. The van der Waals surface area contributed by atoms with Crippen LogP contribution in [0.15, 0.2) is 24.3 Å². The first kappa shape index (κ1) is 16.4. The molecule has 1 saturated heterocycles. The molecular weight excluding hydrogens is 286 g/mol. The summed E-state index contributed by atoms with van der Waals surface area (Å²) < 4.78 is 0. The molecule has 1 aromatic rings. The van der Waals surface area contributed by atoms with Crippen LogP contribution >= 0.6 is 0 Å². The Balaban J connectivity index is 1.39. The van der Waals surface area contributed by atoms with Crippen molar-refractivity contribution in [3.63, 3.8) is 0 Å². The molecule has 0 bridgehead atoms. The van der Waals surface area contributed by atoms with Gasteiger partial charge in [0.1, 0.15) is 0 Å². The lowest BCUT2D eigenvalue weighted by Gasteiger charge is -2.30. The molecule has 3 rings (SSSR count). The summed E-state index contributed by atoms with van der Waals surface area (Å²) in [4.78, 5) is 2.34. The molecule has 4 heteroatoms. The van der Waals surface area contributed by atoms with Crippen molar-refractivity contribution >= 4 is 0 Å². The van der Waals surface area contributed by atoms with E-state index in [0.717, 1.165) is 38.2 Å². The van der Waals surface area contributed by atoms with E-state index in [1.54, 1.807) is 0 Å². The lowest BCUT2D eigenvalue weighted by molar-refractivity contribution is 0.176. The molecule has 1 atom stereocenters. The first-order chi connectivity index (χ1) is 11.2. The fourth-order valence-electron chi connectivity index (χ4n) is 3.94. The molecule has 0 spiro atoms. The van der Waals surface area contributed by atoms with Gasteiger partial charge in [-0.3, -0.25) is 4.90 Å². The molecule has 0 unspecified atom stereocenters. The van der Waals surface area contributed by atoms with Crippen molar-refractivity contribution in [2.75, 3.05) is 26.2 Å². The van der Waals surface area contributed by atoms with Crippen molar-refractivity contribution in [3.8, 4) is 6.07 Å². The maximum atomic E-state index is 9.54. The number of aliphatic hydroxyl groups excluding tert-OH is 1. The van der Waals surface area contributed by atoms with E-state index in [0.29, 0.717) is 12.0 Å². The van der Waals surface area contributed by atoms with E-state index < -0.39 is 0 Å². The Morgan fingerprint density at radius 1 is 1.22 bits per heavy atom. The number of rotatable bonds is 5. The molecule has 4 nitrogen and oxygen atoms in total. The van der Waals surface area contributed by atoms with E-state index in [1.165, 1.54) is 31.2 Å². The quantitative estimate of drug-likeness (QED) is 0.875. The summed E-state index contributed by atoms with van der Waals surface area (Å²) in [6.07, 6.45) is 5.64. The zero-order chi connectivity index (χ0) is 16.1. The van der Waals surface area contributed by atoms with Crippen molar-refractivity contribution in [1.29, 1.82) is 5.26 Å². The standard InChI is InChI=1S/C19H27N3O/c20-13-15-2-1-3-17(12-15)16-4-6-18(7-5-16)21-9-11-22-10-8-19(23)14-22/h1-3,12,16,18-19,21,23H,4-11,14H2/t16-,18-,19-/m1/s1. The van der Waals surface area contributed by atoms with Gasteiger partial charge in [-0.05, 0) is 55.7 Å². The summed E-state index contributed by atoms with van der Waals surface area (Å²) in [6.45, 7) is 3.93.